The minimum atomic E-state index is 0.174. The fourth-order valence-corrected chi connectivity index (χ4v) is 1.47. The standard InChI is InChI=1S/C13H28N2O/c1-11(7-9-14)5-6-12(16)15-10-8-13(2,3)4/h11H,5-10,14H2,1-4H3,(H,15,16). The van der Waals surface area contributed by atoms with Gasteiger partial charge in [0, 0.05) is 13.0 Å². The van der Waals surface area contributed by atoms with Crippen molar-refractivity contribution in [1.82, 2.24) is 5.32 Å². The average Bonchev–Trinajstić information content (AvgIpc) is 2.13. The number of amides is 1. The van der Waals surface area contributed by atoms with E-state index in [4.69, 9.17) is 5.73 Å². The fraction of sp³-hybridized carbons (Fsp3) is 0.923. The van der Waals surface area contributed by atoms with Gasteiger partial charge in [-0.15, -0.1) is 0 Å². The summed E-state index contributed by atoms with van der Waals surface area (Å²) in [7, 11) is 0. The summed E-state index contributed by atoms with van der Waals surface area (Å²) in [5, 5.41) is 2.97. The Morgan fingerprint density at radius 2 is 1.94 bits per heavy atom. The van der Waals surface area contributed by atoms with Crippen LogP contribution in [0.3, 0.4) is 0 Å². The first-order chi connectivity index (χ1) is 7.35. The number of hydrogen-bond donors (Lipinski definition) is 2. The van der Waals surface area contributed by atoms with E-state index >= 15 is 0 Å². The van der Waals surface area contributed by atoms with Gasteiger partial charge >= 0.3 is 0 Å². The van der Waals surface area contributed by atoms with Crippen LogP contribution in [0, 0.1) is 11.3 Å². The molecule has 3 nitrogen and oxygen atoms in total. The number of carbonyl (C=O) groups excluding carboxylic acids is 1. The molecule has 0 saturated carbocycles. The summed E-state index contributed by atoms with van der Waals surface area (Å²) in [4.78, 5) is 11.5. The van der Waals surface area contributed by atoms with Crippen molar-refractivity contribution in [3.8, 4) is 0 Å². The molecule has 3 heteroatoms. The van der Waals surface area contributed by atoms with Crippen molar-refractivity contribution in [1.29, 1.82) is 0 Å². The monoisotopic (exact) mass is 228 g/mol. The maximum absolute atomic E-state index is 11.5. The van der Waals surface area contributed by atoms with E-state index in [1.165, 1.54) is 0 Å². The Morgan fingerprint density at radius 1 is 1.31 bits per heavy atom. The van der Waals surface area contributed by atoms with Gasteiger partial charge in [0.25, 0.3) is 0 Å². The number of nitrogens with two attached hydrogens (primary N) is 1. The summed E-state index contributed by atoms with van der Waals surface area (Å²) in [6.07, 6.45) is 3.61. The lowest BCUT2D eigenvalue weighted by Crippen LogP contribution is -2.27. The van der Waals surface area contributed by atoms with Crippen LogP contribution < -0.4 is 11.1 Å². The highest BCUT2D eigenvalue weighted by atomic mass is 16.1. The van der Waals surface area contributed by atoms with Gasteiger partial charge in [0.2, 0.25) is 5.91 Å². The molecule has 3 N–H and O–H groups in total. The van der Waals surface area contributed by atoms with Gasteiger partial charge in [0.1, 0.15) is 0 Å². The Hall–Kier alpha value is -0.570. The van der Waals surface area contributed by atoms with Gasteiger partial charge in [0.05, 0.1) is 0 Å². The molecule has 1 amide bonds. The van der Waals surface area contributed by atoms with E-state index in [9.17, 15) is 4.79 Å². The van der Waals surface area contributed by atoms with Crippen LogP contribution in [-0.2, 0) is 4.79 Å². The fourth-order valence-electron chi connectivity index (χ4n) is 1.47. The Kier molecular flexibility index (Phi) is 7.39. The van der Waals surface area contributed by atoms with Crippen molar-refractivity contribution in [2.45, 2.75) is 53.4 Å². The summed E-state index contributed by atoms with van der Waals surface area (Å²) in [6.45, 7) is 10.2. The lowest BCUT2D eigenvalue weighted by atomic mass is 9.92. The predicted octanol–water partition coefficient (Wildman–Crippen LogP) is 2.30. The van der Waals surface area contributed by atoms with E-state index in [1.807, 2.05) is 0 Å². The molecule has 0 aromatic carbocycles. The van der Waals surface area contributed by atoms with Crippen LogP contribution in [0.15, 0.2) is 0 Å². The molecule has 0 saturated heterocycles. The largest absolute Gasteiger partial charge is 0.356 e. The minimum absolute atomic E-state index is 0.174. The molecule has 16 heavy (non-hydrogen) atoms. The topological polar surface area (TPSA) is 55.1 Å². The molecule has 0 spiro atoms. The molecule has 96 valence electrons. The van der Waals surface area contributed by atoms with E-state index in [-0.39, 0.29) is 5.91 Å². The third kappa shape index (κ3) is 9.97. The van der Waals surface area contributed by atoms with Gasteiger partial charge in [-0.1, -0.05) is 27.7 Å². The van der Waals surface area contributed by atoms with Crippen molar-refractivity contribution in [3.05, 3.63) is 0 Å². The average molecular weight is 228 g/mol. The summed E-state index contributed by atoms with van der Waals surface area (Å²) in [6, 6.07) is 0. The molecule has 0 aliphatic rings. The van der Waals surface area contributed by atoms with E-state index in [0.29, 0.717) is 24.3 Å². The molecule has 0 radical (unpaired) electrons. The van der Waals surface area contributed by atoms with E-state index < -0.39 is 0 Å². The summed E-state index contributed by atoms with van der Waals surface area (Å²) in [5.41, 5.74) is 5.76. The van der Waals surface area contributed by atoms with Gasteiger partial charge in [-0.2, -0.15) is 0 Å². The van der Waals surface area contributed by atoms with Gasteiger partial charge in [-0.05, 0) is 37.1 Å². The maximum atomic E-state index is 11.5. The minimum Gasteiger partial charge on any atom is -0.356 e. The van der Waals surface area contributed by atoms with Crippen LogP contribution in [0.2, 0.25) is 0 Å². The number of rotatable bonds is 7. The summed E-state index contributed by atoms with van der Waals surface area (Å²) in [5.74, 6) is 0.728. The first kappa shape index (κ1) is 15.4. The van der Waals surface area contributed by atoms with Crippen molar-refractivity contribution in [2.75, 3.05) is 13.1 Å². The molecule has 0 heterocycles. The van der Waals surface area contributed by atoms with Crippen LogP contribution in [0.4, 0.5) is 0 Å². The number of carbonyl (C=O) groups is 1. The lowest BCUT2D eigenvalue weighted by Gasteiger charge is -2.18. The SMILES string of the molecule is CC(CCN)CCC(=O)NCCC(C)(C)C. The van der Waals surface area contributed by atoms with E-state index in [1.54, 1.807) is 0 Å². The van der Waals surface area contributed by atoms with Crippen molar-refractivity contribution < 1.29 is 4.79 Å². The smallest absolute Gasteiger partial charge is 0.220 e. The molecular weight excluding hydrogens is 200 g/mol. The second kappa shape index (κ2) is 7.66. The van der Waals surface area contributed by atoms with Crippen molar-refractivity contribution in [2.24, 2.45) is 17.1 Å². The second-order valence-electron chi connectivity index (χ2n) is 5.88. The molecule has 0 fully saturated rings. The molecular formula is C13H28N2O. The molecule has 0 aliphatic carbocycles. The zero-order valence-electron chi connectivity index (χ0n) is 11.3. The predicted molar refractivity (Wildman–Crippen MR) is 69.2 cm³/mol. The van der Waals surface area contributed by atoms with E-state index in [2.05, 4.69) is 33.0 Å². The second-order valence-corrected chi connectivity index (χ2v) is 5.88. The molecule has 0 aromatic rings. The summed E-state index contributed by atoms with van der Waals surface area (Å²) < 4.78 is 0. The molecule has 0 rings (SSSR count). The Morgan fingerprint density at radius 3 is 2.44 bits per heavy atom. The first-order valence-electron chi connectivity index (χ1n) is 6.32. The zero-order chi connectivity index (χ0) is 12.6. The molecule has 1 unspecified atom stereocenters. The van der Waals surface area contributed by atoms with Gasteiger partial charge in [-0.3, -0.25) is 4.79 Å². The van der Waals surface area contributed by atoms with Crippen molar-refractivity contribution >= 4 is 5.91 Å². The third-order valence-electron chi connectivity index (χ3n) is 2.72. The molecule has 0 aliphatic heterocycles. The highest BCUT2D eigenvalue weighted by molar-refractivity contribution is 5.75. The quantitative estimate of drug-likeness (QED) is 0.702. The van der Waals surface area contributed by atoms with E-state index in [0.717, 1.165) is 25.8 Å². The zero-order valence-corrected chi connectivity index (χ0v) is 11.3. The van der Waals surface area contributed by atoms with Crippen LogP contribution in [0.1, 0.15) is 53.4 Å². The highest BCUT2D eigenvalue weighted by Crippen LogP contribution is 2.17. The first-order valence-corrected chi connectivity index (χ1v) is 6.32. The van der Waals surface area contributed by atoms with Crippen LogP contribution in [0.25, 0.3) is 0 Å². The Balaban J connectivity index is 3.52. The van der Waals surface area contributed by atoms with Gasteiger partial charge < -0.3 is 11.1 Å². The van der Waals surface area contributed by atoms with Gasteiger partial charge in [-0.25, -0.2) is 0 Å². The Labute approximate surface area is 100 Å². The molecule has 1 atom stereocenters. The number of nitrogens with one attached hydrogen (secondary N) is 1. The van der Waals surface area contributed by atoms with Crippen LogP contribution in [-0.4, -0.2) is 19.0 Å². The van der Waals surface area contributed by atoms with Crippen LogP contribution >= 0.6 is 0 Å². The van der Waals surface area contributed by atoms with Gasteiger partial charge in [0.15, 0.2) is 0 Å². The number of hydrogen-bond acceptors (Lipinski definition) is 2. The maximum Gasteiger partial charge on any atom is 0.220 e. The van der Waals surface area contributed by atoms with Crippen molar-refractivity contribution in [3.63, 3.8) is 0 Å². The third-order valence-corrected chi connectivity index (χ3v) is 2.72. The van der Waals surface area contributed by atoms with Crippen LogP contribution in [0.5, 0.6) is 0 Å². The lowest BCUT2D eigenvalue weighted by molar-refractivity contribution is -0.121. The summed E-state index contributed by atoms with van der Waals surface area (Å²) >= 11 is 0. The molecule has 0 aromatic heterocycles. The Bertz CT molecular complexity index is 197. The highest BCUT2D eigenvalue weighted by Gasteiger charge is 2.11. The normalized spacial score (nSPS) is 13.6. The molecule has 0 bridgehead atoms.